The Bertz CT molecular complexity index is 1020. The van der Waals surface area contributed by atoms with Crippen LogP contribution in [0.2, 0.25) is 0 Å². The number of nitro benzene ring substituents is 1. The minimum absolute atomic E-state index is 0.0591. The largest absolute Gasteiger partial charge is 0.399 e. The minimum Gasteiger partial charge on any atom is -0.399 e. The van der Waals surface area contributed by atoms with E-state index in [0.29, 0.717) is 17.1 Å². The van der Waals surface area contributed by atoms with Gasteiger partial charge in [0.25, 0.3) is 5.69 Å². The lowest BCUT2D eigenvalue weighted by Crippen LogP contribution is -2.36. The zero-order valence-electron chi connectivity index (χ0n) is 14.6. The summed E-state index contributed by atoms with van der Waals surface area (Å²) in [6.07, 6.45) is 0. The number of rotatable bonds is 4. The molecule has 140 valence electrons. The Labute approximate surface area is 160 Å². The molecule has 0 saturated heterocycles. The number of nitrogen functional groups attached to an aromatic ring is 1. The summed E-state index contributed by atoms with van der Waals surface area (Å²) in [6.45, 7) is 0. The lowest BCUT2D eigenvalue weighted by molar-refractivity contribution is -0.383. The number of carbonyl (C=O) groups excluding carboxylic acids is 2. The highest BCUT2D eigenvalue weighted by atomic mass is 16.6. The van der Waals surface area contributed by atoms with E-state index in [0.717, 1.165) is 0 Å². The minimum atomic E-state index is -1.00. The van der Waals surface area contributed by atoms with Crippen LogP contribution < -0.4 is 16.0 Å². The fraction of sp³-hybridized carbons (Fsp3) is 0. The maximum absolute atomic E-state index is 12.9. The molecule has 0 aliphatic carbocycles. The maximum atomic E-state index is 12.9. The summed E-state index contributed by atoms with van der Waals surface area (Å²) in [5.41, 5.74) is 6.75. The van der Waals surface area contributed by atoms with Gasteiger partial charge in [0, 0.05) is 23.1 Å². The molecular formula is C20H16N4O4. The van der Waals surface area contributed by atoms with Crippen LogP contribution in [0.4, 0.5) is 28.4 Å². The first-order chi connectivity index (χ1) is 13.5. The quantitative estimate of drug-likeness (QED) is 0.313. The summed E-state index contributed by atoms with van der Waals surface area (Å²) in [4.78, 5) is 37.2. The lowest BCUT2D eigenvalue weighted by atomic mass is 10.2. The van der Waals surface area contributed by atoms with Crippen molar-refractivity contribution in [3.8, 4) is 0 Å². The Balaban J connectivity index is 1.94. The molecule has 0 fully saturated rings. The van der Waals surface area contributed by atoms with Gasteiger partial charge in [0.15, 0.2) is 0 Å². The van der Waals surface area contributed by atoms with Gasteiger partial charge in [0.05, 0.1) is 4.92 Å². The third-order valence-electron chi connectivity index (χ3n) is 3.91. The Morgan fingerprint density at radius 2 is 1.43 bits per heavy atom. The highest BCUT2D eigenvalue weighted by Gasteiger charge is 2.27. The van der Waals surface area contributed by atoms with E-state index in [9.17, 15) is 19.7 Å². The van der Waals surface area contributed by atoms with Gasteiger partial charge in [-0.05, 0) is 42.5 Å². The predicted molar refractivity (Wildman–Crippen MR) is 106 cm³/mol. The van der Waals surface area contributed by atoms with Crippen LogP contribution in [0.1, 0.15) is 0 Å². The van der Waals surface area contributed by atoms with Gasteiger partial charge in [0.1, 0.15) is 5.69 Å². The number of anilines is 4. The van der Waals surface area contributed by atoms with Gasteiger partial charge >= 0.3 is 11.8 Å². The number of nitrogens with one attached hydrogen (secondary N) is 1. The van der Waals surface area contributed by atoms with Crippen molar-refractivity contribution >= 4 is 40.3 Å². The summed E-state index contributed by atoms with van der Waals surface area (Å²) in [7, 11) is 0. The number of benzene rings is 3. The normalized spacial score (nSPS) is 10.1. The van der Waals surface area contributed by atoms with E-state index in [-0.39, 0.29) is 11.4 Å². The molecule has 0 aromatic heterocycles. The van der Waals surface area contributed by atoms with E-state index in [1.165, 1.54) is 29.2 Å². The number of amides is 2. The molecule has 0 spiro atoms. The number of nitrogens with zero attached hydrogens (tertiary/aromatic N) is 2. The smallest absolute Gasteiger partial charge is 0.321 e. The molecule has 0 saturated carbocycles. The number of hydrogen-bond donors (Lipinski definition) is 2. The molecule has 0 aliphatic rings. The number of nitrogens with two attached hydrogens (primary N) is 1. The number of hydrogen-bond acceptors (Lipinski definition) is 5. The number of carbonyl (C=O) groups is 2. The van der Waals surface area contributed by atoms with Crippen molar-refractivity contribution in [3.63, 3.8) is 0 Å². The van der Waals surface area contributed by atoms with Crippen molar-refractivity contribution in [2.24, 2.45) is 0 Å². The molecule has 0 unspecified atom stereocenters. The fourth-order valence-electron chi connectivity index (χ4n) is 2.60. The maximum Gasteiger partial charge on any atom is 0.321 e. The second-order valence-corrected chi connectivity index (χ2v) is 5.80. The first-order valence-corrected chi connectivity index (χ1v) is 8.27. The van der Waals surface area contributed by atoms with Gasteiger partial charge in [0.2, 0.25) is 0 Å². The molecule has 2 amide bonds. The highest BCUT2D eigenvalue weighted by Crippen LogP contribution is 2.28. The van der Waals surface area contributed by atoms with Crippen LogP contribution in [-0.4, -0.2) is 16.7 Å². The molecule has 0 radical (unpaired) electrons. The fourth-order valence-corrected chi connectivity index (χ4v) is 2.60. The van der Waals surface area contributed by atoms with Gasteiger partial charge in [-0.25, -0.2) is 0 Å². The molecule has 8 nitrogen and oxygen atoms in total. The van der Waals surface area contributed by atoms with Crippen molar-refractivity contribution in [2.75, 3.05) is 16.0 Å². The van der Waals surface area contributed by atoms with E-state index in [1.807, 2.05) is 0 Å². The molecule has 3 N–H and O–H groups in total. The zero-order chi connectivity index (χ0) is 20.1. The van der Waals surface area contributed by atoms with E-state index in [2.05, 4.69) is 5.32 Å². The van der Waals surface area contributed by atoms with E-state index >= 15 is 0 Å². The van der Waals surface area contributed by atoms with Crippen LogP contribution in [0.25, 0.3) is 0 Å². The van der Waals surface area contributed by atoms with Crippen LogP contribution in [-0.2, 0) is 9.59 Å². The van der Waals surface area contributed by atoms with Crippen molar-refractivity contribution < 1.29 is 14.5 Å². The molecule has 0 atom stereocenters. The Morgan fingerprint density at radius 3 is 2.07 bits per heavy atom. The molecule has 3 rings (SSSR count). The molecule has 0 heterocycles. The predicted octanol–water partition coefficient (Wildman–Crippen LogP) is 3.48. The van der Waals surface area contributed by atoms with Crippen LogP contribution >= 0.6 is 0 Å². The molecule has 28 heavy (non-hydrogen) atoms. The summed E-state index contributed by atoms with van der Waals surface area (Å²) in [5, 5.41) is 13.5. The second kappa shape index (κ2) is 8.00. The van der Waals surface area contributed by atoms with E-state index in [1.54, 1.807) is 54.6 Å². The topological polar surface area (TPSA) is 119 Å². The van der Waals surface area contributed by atoms with E-state index in [4.69, 9.17) is 5.73 Å². The Hall–Kier alpha value is -4.20. The van der Waals surface area contributed by atoms with Crippen molar-refractivity contribution in [1.29, 1.82) is 0 Å². The van der Waals surface area contributed by atoms with Gasteiger partial charge in [-0.1, -0.05) is 30.3 Å². The summed E-state index contributed by atoms with van der Waals surface area (Å²) >= 11 is 0. The number of nitro groups is 1. The van der Waals surface area contributed by atoms with Gasteiger partial charge in [-0.15, -0.1) is 0 Å². The van der Waals surface area contributed by atoms with Crippen LogP contribution in [0.5, 0.6) is 0 Å². The van der Waals surface area contributed by atoms with Crippen molar-refractivity contribution in [3.05, 3.63) is 89.0 Å². The van der Waals surface area contributed by atoms with Gasteiger partial charge in [-0.3, -0.25) is 24.6 Å². The van der Waals surface area contributed by atoms with Crippen molar-refractivity contribution in [2.45, 2.75) is 0 Å². The third-order valence-corrected chi connectivity index (χ3v) is 3.91. The first-order valence-electron chi connectivity index (χ1n) is 8.27. The first kappa shape index (κ1) is 18.6. The van der Waals surface area contributed by atoms with Gasteiger partial charge in [-0.2, -0.15) is 0 Å². The highest BCUT2D eigenvalue weighted by molar-refractivity contribution is 6.45. The van der Waals surface area contributed by atoms with Crippen LogP contribution in [0.15, 0.2) is 78.9 Å². The third kappa shape index (κ3) is 3.96. The Morgan fingerprint density at radius 1 is 0.857 bits per heavy atom. The zero-order valence-corrected chi connectivity index (χ0v) is 14.6. The van der Waals surface area contributed by atoms with Crippen LogP contribution in [0.3, 0.4) is 0 Å². The second-order valence-electron chi connectivity index (χ2n) is 5.80. The van der Waals surface area contributed by atoms with Gasteiger partial charge < -0.3 is 11.1 Å². The lowest BCUT2D eigenvalue weighted by Gasteiger charge is -2.22. The monoisotopic (exact) mass is 376 g/mol. The summed E-state index contributed by atoms with van der Waals surface area (Å²) < 4.78 is 0. The van der Waals surface area contributed by atoms with E-state index < -0.39 is 16.7 Å². The van der Waals surface area contributed by atoms with Crippen molar-refractivity contribution in [1.82, 2.24) is 0 Å². The average Bonchev–Trinajstić information content (AvgIpc) is 2.70. The average molecular weight is 376 g/mol. The summed E-state index contributed by atoms with van der Waals surface area (Å²) in [6, 6.07) is 20.6. The molecular weight excluding hydrogens is 360 g/mol. The molecule has 8 heteroatoms. The SMILES string of the molecule is Nc1ccc(N(C(=O)C(=O)Nc2ccccc2[N+](=O)[O-])c2ccccc2)cc1. The number of para-hydroxylation sites is 3. The molecule has 3 aromatic carbocycles. The molecule has 0 aliphatic heterocycles. The standard InChI is InChI=1S/C20H16N4O4/c21-14-10-12-16(13-11-14)23(15-6-2-1-3-7-15)20(26)19(25)22-17-8-4-5-9-18(17)24(27)28/h1-13H,21H2,(H,22,25). The van der Waals surface area contributed by atoms with Crippen LogP contribution in [0, 0.1) is 10.1 Å². The molecule has 0 bridgehead atoms. The Kier molecular flexibility index (Phi) is 5.31. The molecule has 3 aromatic rings. The summed E-state index contributed by atoms with van der Waals surface area (Å²) in [5.74, 6) is -1.90.